The number of halogens is 4. The number of hydrogen-bond acceptors (Lipinski definition) is 2. The van der Waals surface area contributed by atoms with Crippen LogP contribution < -0.4 is 10.1 Å². The minimum atomic E-state index is -0.272. The van der Waals surface area contributed by atoms with E-state index in [2.05, 4.69) is 5.32 Å². The second-order valence-electron chi connectivity index (χ2n) is 5.90. The topological polar surface area (TPSA) is 21.3 Å². The second-order valence-corrected chi connectivity index (χ2v) is 6.33. The Morgan fingerprint density at radius 3 is 2.00 bits per heavy atom. The molecule has 0 heterocycles. The van der Waals surface area contributed by atoms with Crippen LogP contribution in [-0.4, -0.2) is 0 Å². The van der Waals surface area contributed by atoms with Crippen molar-refractivity contribution in [1.29, 1.82) is 0 Å². The quantitative estimate of drug-likeness (QED) is 0.523. The molecule has 0 spiro atoms. The SMILES string of the molecule is Cl.Fc1ccc(CNCc2cc(Cl)ccc2OCc2ccc(F)cc2)cc1. The number of hydrogen-bond donors (Lipinski definition) is 1. The molecule has 3 rings (SSSR count). The van der Waals surface area contributed by atoms with Gasteiger partial charge in [0, 0.05) is 23.7 Å². The first-order valence-electron chi connectivity index (χ1n) is 8.21. The fraction of sp³-hybridized carbons (Fsp3) is 0.143. The average molecular weight is 410 g/mol. The molecule has 0 atom stereocenters. The Morgan fingerprint density at radius 1 is 0.778 bits per heavy atom. The van der Waals surface area contributed by atoms with Crippen LogP contribution in [0, 0.1) is 11.6 Å². The summed E-state index contributed by atoms with van der Waals surface area (Å²) in [4.78, 5) is 0. The second kappa shape index (κ2) is 10.3. The van der Waals surface area contributed by atoms with Crippen LogP contribution in [-0.2, 0) is 19.7 Å². The number of benzene rings is 3. The van der Waals surface area contributed by atoms with Gasteiger partial charge in [0.2, 0.25) is 0 Å². The van der Waals surface area contributed by atoms with Crippen molar-refractivity contribution in [2.24, 2.45) is 0 Å². The third-order valence-electron chi connectivity index (χ3n) is 3.89. The van der Waals surface area contributed by atoms with Gasteiger partial charge in [-0.1, -0.05) is 35.9 Å². The summed E-state index contributed by atoms with van der Waals surface area (Å²) >= 11 is 6.10. The lowest BCUT2D eigenvalue weighted by Crippen LogP contribution is -2.13. The van der Waals surface area contributed by atoms with Crippen molar-refractivity contribution >= 4 is 24.0 Å². The molecule has 3 aromatic rings. The van der Waals surface area contributed by atoms with Crippen molar-refractivity contribution in [3.8, 4) is 5.75 Å². The normalized spacial score (nSPS) is 10.3. The zero-order chi connectivity index (χ0) is 18.4. The molecule has 0 saturated carbocycles. The summed E-state index contributed by atoms with van der Waals surface area (Å²) in [6, 6.07) is 18.0. The highest BCUT2D eigenvalue weighted by Gasteiger charge is 2.06. The fourth-order valence-electron chi connectivity index (χ4n) is 2.51. The smallest absolute Gasteiger partial charge is 0.124 e. The molecule has 0 aliphatic carbocycles. The number of nitrogens with one attached hydrogen (secondary N) is 1. The van der Waals surface area contributed by atoms with Gasteiger partial charge < -0.3 is 10.1 Å². The van der Waals surface area contributed by atoms with Crippen molar-refractivity contribution in [3.63, 3.8) is 0 Å². The molecular weight excluding hydrogens is 391 g/mol. The van der Waals surface area contributed by atoms with Gasteiger partial charge >= 0.3 is 0 Å². The zero-order valence-corrected chi connectivity index (χ0v) is 16.0. The number of ether oxygens (including phenoxy) is 1. The maximum absolute atomic E-state index is 13.0. The molecular formula is C21H19Cl2F2NO. The van der Waals surface area contributed by atoms with E-state index in [9.17, 15) is 8.78 Å². The first-order valence-corrected chi connectivity index (χ1v) is 8.59. The molecule has 0 bridgehead atoms. The summed E-state index contributed by atoms with van der Waals surface area (Å²) in [5.74, 6) is 0.191. The van der Waals surface area contributed by atoms with E-state index >= 15 is 0 Å². The van der Waals surface area contributed by atoms with E-state index in [1.54, 1.807) is 30.3 Å². The molecule has 0 unspecified atom stereocenters. The van der Waals surface area contributed by atoms with Crippen molar-refractivity contribution in [3.05, 3.63) is 100 Å². The Kier molecular flexibility index (Phi) is 8.04. The number of rotatable bonds is 7. The highest BCUT2D eigenvalue weighted by Crippen LogP contribution is 2.24. The molecule has 1 N–H and O–H groups in total. The Balaban J connectivity index is 0.00000261. The van der Waals surface area contributed by atoms with Gasteiger partial charge in [0.05, 0.1) is 0 Å². The molecule has 0 aliphatic rings. The van der Waals surface area contributed by atoms with Crippen LogP contribution in [0.4, 0.5) is 8.78 Å². The van der Waals surface area contributed by atoms with Crippen LogP contribution in [0.1, 0.15) is 16.7 Å². The van der Waals surface area contributed by atoms with E-state index in [0.717, 1.165) is 16.7 Å². The highest BCUT2D eigenvalue weighted by atomic mass is 35.5. The van der Waals surface area contributed by atoms with Crippen molar-refractivity contribution in [2.75, 3.05) is 0 Å². The predicted octanol–water partition coefficient (Wildman–Crippen LogP) is 5.91. The molecule has 0 amide bonds. The van der Waals surface area contributed by atoms with E-state index in [1.165, 1.54) is 24.3 Å². The van der Waals surface area contributed by atoms with Crippen molar-refractivity contribution in [2.45, 2.75) is 19.7 Å². The van der Waals surface area contributed by atoms with Crippen LogP contribution in [0.25, 0.3) is 0 Å². The molecule has 2 nitrogen and oxygen atoms in total. The minimum absolute atomic E-state index is 0. The summed E-state index contributed by atoms with van der Waals surface area (Å²) in [7, 11) is 0. The van der Waals surface area contributed by atoms with Gasteiger partial charge in [-0.25, -0.2) is 8.78 Å². The van der Waals surface area contributed by atoms with Crippen LogP contribution in [0.15, 0.2) is 66.7 Å². The lowest BCUT2D eigenvalue weighted by molar-refractivity contribution is 0.302. The highest BCUT2D eigenvalue weighted by molar-refractivity contribution is 6.30. The maximum atomic E-state index is 13.0. The van der Waals surface area contributed by atoms with Crippen LogP contribution in [0.2, 0.25) is 5.02 Å². The summed E-state index contributed by atoms with van der Waals surface area (Å²) < 4.78 is 31.8. The molecule has 3 aromatic carbocycles. The van der Waals surface area contributed by atoms with Gasteiger partial charge in [0.1, 0.15) is 24.0 Å². The van der Waals surface area contributed by atoms with Gasteiger partial charge in [-0.3, -0.25) is 0 Å². The molecule has 142 valence electrons. The summed E-state index contributed by atoms with van der Waals surface area (Å²) in [6.45, 7) is 1.49. The van der Waals surface area contributed by atoms with Crippen molar-refractivity contribution < 1.29 is 13.5 Å². The summed E-state index contributed by atoms with van der Waals surface area (Å²) in [5.41, 5.74) is 2.79. The van der Waals surface area contributed by atoms with Crippen LogP contribution in [0.3, 0.4) is 0 Å². The Bertz CT molecular complexity index is 855. The Morgan fingerprint density at radius 2 is 1.37 bits per heavy atom. The van der Waals surface area contributed by atoms with Crippen LogP contribution in [0.5, 0.6) is 5.75 Å². The van der Waals surface area contributed by atoms with E-state index in [1.807, 2.05) is 12.1 Å². The summed E-state index contributed by atoms with van der Waals surface area (Å²) in [5, 5.41) is 3.92. The summed E-state index contributed by atoms with van der Waals surface area (Å²) in [6.07, 6.45) is 0. The Labute approximate surface area is 168 Å². The first kappa shape index (κ1) is 21.2. The fourth-order valence-corrected chi connectivity index (χ4v) is 2.71. The van der Waals surface area contributed by atoms with Crippen LogP contribution >= 0.6 is 24.0 Å². The molecule has 0 radical (unpaired) electrons. The largest absolute Gasteiger partial charge is 0.489 e. The molecule has 0 aromatic heterocycles. The minimum Gasteiger partial charge on any atom is -0.489 e. The van der Waals surface area contributed by atoms with E-state index < -0.39 is 0 Å². The lowest BCUT2D eigenvalue weighted by atomic mass is 10.1. The monoisotopic (exact) mass is 409 g/mol. The first-order chi connectivity index (χ1) is 12.6. The predicted molar refractivity (Wildman–Crippen MR) is 106 cm³/mol. The van der Waals surface area contributed by atoms with E-state index in [0.29, 0.717) is 30.5 Å². The van der Waals surface area contributed by atoms with Crippen molar-refractivity contribution in [1.82, 2.24) is 5.32 Å². The molecule has 6 heteroatoms. The van der Waals surface area contributed by atoms with Gasteiger partial charge in [0.15, 0.2) is 0 Å². The average Bonchev–Trinajstić information content (AvgIpc) is 2.64. The lowest BCUT2D eigenvalue weighted by Gasteiger charge is -2.13. The van der Waals surface area contributed by atoms with Gasteiger partial charge in [-0.2, -0.15) is 0 Å². The van der Waals surface area contributed by atoms with Gasteiger partial charge in [-0.15, -0.1) is 12.4 Å². The molecule has 27 heavy (non-hydrogen) atoms. The molecule has 0 saturated heterocycles. The zero-order valence-electron chi connectivity index (χ0n) is 14.4. The maximum Gasteiger partial charge on any atom is 0.124 e. The molecule has 0 fully saturated rings. The molecule has 0 aliphatic heterocycles. The van der Waals surface area contributed by atoms with Gasteiger partial charge in [0.25, 0.3) is 0 Å². The standard InChI is InChI=1S/C21H18ClF2NO.ClH/c22-18-5-10-21(26-14-16-3-8-20(24)9-4-16)17(11-18)13-25-12-15-1-6-19(23)7-2-15;/h1-11,25H,12-14H2;1H. The van der Waals surface area contributed by atoms with E-state index in [-0.39, 0.29) is 24.0 Å². The third-order valence-corrected chi connectivity index (χ3v) is 4.12. The van der Waals surface area contributed by atoms with Gasteiger partial charge in [-0.05, 0) is 53.6 Å². The van der Waals surface area contributed by atoms with E-state index in [4.69, 9.17) is 16.3 Å². The third kappa shape index (κ3) is 6.51. The Hall–Kier alpha value is -2.14.